The van der Waals surface area contributed by atoms with Gasteiger partial charge in [-0.2, -0.15) is 0 Å². The molecule has 0 aliphatic carbocycles. The molecule has 0 saturated heterocycles. The maximum absolute atomic E-state index is 12.2. The van der Waals surface area contributed by atoms with Crippen molar-refractivity contribution in [2.24, 2.45) is 0 Å². The monoisotopic (exact) mass is 319 g/mol. The lowest BCUT2D eigenvalue weighted by atomic mass is 10.2. The highest BCUT2D eigenvalue weighted by atomic mass is 32.2. The van der Waals surface area contributed by atoms with Gasteiger partial charge in [0, 0.05) is 5.69 Å². The van der Waals surface area contributed by atoms with Gasteiger partial charge in [0.2, 0.25) is 10.0 Å². The summed E-state index contributed by atoms with van der Waals surface area (Å²) in [6, 6.07) is 14.3. The van der Waals surface area contributed by atoms with E-state index >= 15 is 0 Å². The molecule has 1 heterocycles. The van der Waals surface area contributed by atoms with Crippen LogP contribution in [0.3, 0.4) is 0 Å². The summed E-state index contributed by atoms with van der Waals surface area (Å²) in [4.78, 5) is 4.26. The summed E-state index contributed by atoms with van der Waals surface area (Å²) in [7, 11) is -3.49. The van der Waals surface area contributed by atoms with Crippen molar-refractivity contribution in [3.8, 4) is 0 Å². The van der Waals surface area contributed by atoms with Crippen LogP contribution < -0.4 is 10.5 Å². The third-order valence-corrected chi connectivity index (χ3v) is 5.17. The quantitative estimate of drug-likeness (QED) is 0.724. The van der Waals surface area contributed by atoms with Crippen LogP contribution >= 0.6 is 11.3 Å². The molecule has 0 aliphatic heterocycles. The highest BCUT2D eigenvalue weighted by Crippen LogP contribution is 2.26. The lowest BCUT2D eigenvalue weighted by Crippen LogP contribution is -2.14. The fourth-order valence-corrected chi connectivity index (χ4v) is 4.20. The van der Waals surface area contributed by atoms with Gasteiger partial charge in [-0.3, -0.25) is 4.72 Å². The average molecular weight is 319 g/mol. The standard InChI is InChI=1S/C14H13N3O2S2/c15-11-7-5-10(6-8-11)9-21(18,19)17-14-16-12-3-1-2-4-13(12)20-14/h1-8H,9,15H2,(H,16,17). The number of benzene rings is 2. The van der Waals surface area contributed by atoms with Gasteiger partial charge in [-0.15, -0.1) is 0 Å². The maximum atomic E-state index is 12.2. The minimum absolute atomic E-state index is 0.108. The molecule has 0 spiro atoms. The zero-order valence-corrected chi connectivity index (χ0v) is 12.6. The summed E-state index contributed by atoms with van der Waals surface area (Å²) in [5.74, 6) is -0.108. The lowest BCUT2D eigenvalue weighted by Gasteiger charge is -2.05. The van der Waals surface area contributed by atoms with E-state index in [9.17, 15) is 8.42 Å². The lowest BCUT2D eigenvalue weighted by molar-refractivity contribution is 0.600. The van der Waals surface area contributed by atoms with Crippen LogP contribution in [0.5, 0.6) is 0 Å². The summed E-state index contributed by atoms with van der Waals surface area (Å²) in [5.41, 5.74) is 7.65. The Morgan fingerprint density at radius 2 is 1.81 bits per heavy atom. The molecular weight excluding hydrogens is 306 g/mol. The van der Waals surface area contributed by atoms with E-state index in [1.165, 1.54) is 11.3 Å². The number of nitrogens with one attached hydrogen (secondary N) is 1. The fraction of sp³-hybridized carbons (Fsp3) is 0.0714. The van der Waals surface area contributed by atoms with Crippen molar-refractivity contribution in [2.75, 3.05) is 10.5 Å². The van der Waals surface area contributed by atoms with Crippen molar-refractivity contribution in [3.63, 3.8) is 0 Å². The minimum atomic E-state index is -3.49. The molecule has 7 heteroatoms. The van der Waals surface area contributed by atoms with Gasteiger partial charge in [0.15, 0.2) is 5.13 Å². The zero-order valence-electron chi connectivity index (χ0n) is 11.0. The Kier molecular flexibility index (Phi) is 3.52. The number of nitrogens with two attached hydrogens (primary N) is 1. The maximum Gasteiger partial charge on any atom is 0.238 e. The summed E-state index contributed by atoms with van der Waals surface area (Å²) in [6.45, 7) is 0. The van der Waals surface area contributed by atoms with Crippen LogP contribution in [0.1, 0.15) is 5.56 Å². The highest BCUT2D eigenvalue weighted by molar-refractivity contribution is 7.92. The van der Waals surface area contributed by atoms with E-state index in [4.69, 9.17) is 5.73 Å². The number of fused-ring (bicyclic) bond motifs is 1. The highest BCUT2D eigenvalue weighted by Gasteiger charge is 2.14. The molecule has 0 atom stereocenters. The van der Waals surface area contributed by atoms with Crippen molar-refractivity contribution in [1.29, 1.82) is 0 Å². The third-order valence-electron chi connectivity index (χ3n) is 2.87. The first kappa shape index (κ1) is 13.8. The van der Waals surface area contributed by atoms with E-state index in [-0.39, 0.29) is 5.75 Å². The number of hydrogen-bond acceptors (Lipinski definition) is 5. The van der Waals surface area contributed by atoms with Crippen molar-refractivity contribution < 1.29 is 8.42 Å². The molecule has 108 valence electrons. The van der Waals surface area contributed by atoms with Crippen LogP contribution in [0.25, 0.3) is 10.2 Å². The molecule has 0 saturated carbocycles. The molecule has 3 N–H and O–H groups in total. The number of nitrogen functional groups attached to an aromatic ring is 1. The van der Waals surface area contributed by atoms with Crippen LogP contribution in [0.4, 0.5) is 10.8 Å². The van der Waals surface area contributed by atoms with E-state index in [0.717, 1.165) is 10.2 Å². The molecule has 5 nitrogen and oxygen atoms in total. The smallest absolute Gasteiger partial charge is 0.238 e. The van der Waals surface area contributed by atoms with Crippen molar-refractivity contribution >= 4 is 42.4 Å². The topological polar surface area (TPSA) is 85.1 Å². The van der Waals surface area contributed by atoms with E-state index < -0.39 is 10.0 Å². The fourth-order valence-electron chi connectivity index (χ4n) is 1.92. The molecule has 0 bridgehead atoms. The number of anilines is 2. The van der Waals surface area contributed by atoms with E-state index in [1.807, 2.05) is 24.3 Å². The van der Waals surface area contributed by atoms with E-state index in [0.29, 0.717) is 16.4 Å². The van der Waals surface area contributed by atoms with Crippen molar-refractivity contribution in [2.45, 2.75) is 5.75 Å². The number of nitrogens with zero attached hydrogens (tertiary/aromatic N) is 1. The number of rotatable bonds is 4. The third kappa shape index (κ3) is 3.32. The Morgan fingerprint density at radius 3 is 2.52 bits per heavy atom. The van der Waals surface area contributed by atoms with Gasteiger partial charge < -0.3 is 5.73 Å². The zero-order chi connectivity index (χ0) is 14.9. The van der Waals surface area contributed by atoms with Crippen LogP contribution in [-0.2, 0) is 15.8 Å². The minimum Gasteiger partial charge on any atom is -0.399 e. The van der Waals surface area contributed by atoms with Gasteiger partial charge in [-0.05, 0) is 29.8 Å². The van der Waals surface area contributed by atoms with E-state index in [1.54, 1.807) is 24.3 Å². The molecule has 0 radical (unpaired) electrons. The molecule has 2 aromatic carbocycles. The van der Waals surface area contributed by atoms with Crippen LogP contribution in [0.2, 0.25) is 0 Å². The molecule has 0 unspecified atom stereocenters. The summed E-state index contributed by atoms with van der Waals surface area (Å²) in [5, 5.41) is 0.381. The predicted molar refractivity (Wildman–Crippen MR) is 86.7 cm³/mol. The SMILES string of the molecule is Nc1ccc(CS(=O)(=O)Nc2nc3ccccc3s2)cc1. The second-order valence-electron chi connectivity index (χ2n) is 4.59. The molecule has 21 heavy (non-hydrogen) atoms. The molecule has 0 aliphatic rings. The average Bonchev–Trinajstić information content (AvgIpc) is 2.82. The Balaban J connectivity index is 1.80. The molecule has 3 rings (SSSR count). The Hall–Kier alpha value is -2.12. The van der Waals surface area contributed by atoms with Gasteiger partial charge in [-0.25, -0.2) is 13.4 Å². The van der Waals surface area contributed by atoms with Crippen molar-refractivity contribution in [3.05, 3.63) is 54.1 Å². The van der Waals surface area contributed by atoms with Crippen LogP contribution in [-0.4, -0.2) is 13.4 Å². The Labute approximate surface area is 126 Å². The Morgan fingerprint density at radius 1 is 1.10 bits per heavy atom. The first-order valence-corrected chi connectivity index (χ1v) is 8.69. The first-order chi connectivity index (χ1) is 10.0. The van der Waals surface area contributed by atoms with Gasteiger partial charge in [0.25, 0.3) is 0 Å². The number of aromatic nitrogens is 1. The second kappa shape index (κ2) is 5.34. The summed E-state index contributed by atoms with van der Waals surface area (Å²) < 4.78 is 27.8. The summed E-state index contributed by atoms with van der Waals surface area (Å²) >= 11 is 1.32. The molecule has 1 aromatic heterocycles. The molecular formula is C14H13N3O2S2. The molecule has 0 amide bonds. The van der Waals surface area contributed by atoms with E-state index in [2.05, 4.69) is 9.71 Å². The number of hydrogen-bond donors (Lipinski definition) is 2. The van der Waals surface area contributed by atoms with Gasteiger partial charge in [-0.1, -0.05) is 35.6 Å². The number of thiazole rings is 1. The van der Waals surface area contributed by atoms with Crippen LogP contribution in [0, 0.1) is 0 Å². The van der Waals surface area contributed by atoms with Gasteiger partial charge in [0.1, 0.15) is 0 Å². The predicted octanol–water partition coefficient (Wildman–Crippen LogP) is 2.82. The van der Waals surface area contributed by atoms with Crippen LogP contribution in [0.15, 0.2) is 48.5 Å². The Bertz CT molecular complexity index is 838. The van der Waals surface area contributed by atoms with Gasteiger partial charge in [0.05, 0.1) is 16.0 Å². The molecule has 3 aromatic rings. The van der Waals surface area contributed by atoms with Crippen molar-refractivity contribution in [1.82, 2.24) is 4.98 Å². The number of sulfonamides is 1. The summed E-state index contributed by atoms with van der Waals surface area (Å²) in [6.07, 6.45) is 0. The largest absolute Gasteiger partial charge is 0.399 e. The van der Waals surface area contributed by atoms with Gasteiger partial charge >= 0.3 is 0 Å². The normalized spacial score (nSPS) is 11.6. The second-order valence-corrected chi connectivity index (χ2v) is 7.34. The first-order valence-electron chi connectivity index (χ1n) is 6.22. The molecule has 0 fully saturated rings. The number of para-hydroxylation sites is 1.